The van der Waals surface area contributed by atoms with Gasteiger partial charge in [0.25, 0.3) is 0 Å². The first-order valence-corrected chi connectivity index (χ1v) is 13.5. The van der Waals surface area contributed by atoms with Crippen LogP contribution in [0.2, 0.25) is 0 Å². The molecule has 0 aliphatic carbocycles. The highest BCUT2D eigenvalue weighted by molar-refractivity contribution is 6.16. The molecule has 0 aliphatic rings. The van der Waals surface area contributed by atoms with Crippen molar-refractivity contribution in [1.82, 2.24) is 0 Å². The number of furan rings is 1. The van der Waals surface area contributed by atoms with Crippen molar-refractivity contribution < 1.29 is 4.42 Å². The Morgan fingerprint density at radius 3 is 2.07 bits per heavy atom. The van der Waals surface area contributed by atoms with Crippen molar-refractivity contribution in [2.45, 2.75) is 0 Å². The number of nitrogens with zero attached hydrogens (tertiary/aromatic N) is 2. The zero-order chi connectivity index (χ0) is 27.6. The van der Waals surface area contributed by atoms with E-state index in [1.165, 1.54) is 0 Å². The Kier molecular flexibility index (Phi) is 6.26. The average Bonchev–Trinajstić information content (AvgIpc) is 3.43. The van der Waals surface area contributed by atoms with E-state index in [0.717, 1.165) is 60.5 Å². The van der Waals surface area contributed by atoms with Crippen molar-refractivity contribution >= 4 is 50.6 Å². The number of amidine groups is 2. The third kappa shape index (κ3) is 4.83. The van der Waals surface area contributed by atoms with Crippen LogP contribution in [0.3, 0.4) is 0 Å². The minimum atomic E-state index is 0.160. The molecular formula is C37H25N3O. The largest absolute Gasteiger partial charge is 0.455 e. The minimum Gasteiger partial charge on any atom is -0.455 e. The maximum absolute atomic E-state index is 8.65. The molecule has 0 saturated heterocycles. The number of benzene rings is 6. The fourth-order valence-corrected chi connectivity index (χ4v) is 5.11. The van der Waals surface area contributed by atoms with Crippen LogP contribution in [0.25, 0.3) is 43.8 Å². The first kappa shape index (κ1) is 24.4. The van der Waals surface area contributed by atoms with E-state index in [4.69, 9.17) is 14.8 Å². The Bertz CT molecular complexity index is 2090. The van der Waals surface area contributed by atoms with Crippen molar-refractivity contribution in [2.75, 3.05) is 0 Å². The van der Waals surface area contributed by atoms with Crippen LogP contribution in [0.1, 0.15) is 16.7 Å². The molecule has 0 atom stereocenters. The van der Waals surface area contributed by atoms with E-state index in [2.05, 4.69) is 59.6 Å². The number of aliphatic imine (C=N–C) groups is 2. The van der Waals surface area contributed by atoms with Gasteiger partial charge >= 0.3 is 0 Å². The second-order valence-corrected chi connectivity index (χ2v) is 9.87. The van der Waals surface area contributed by atoms with Gasteiger partial charge < -0.3 is 4.42 Å². The van der Waals surface area contributed by atoms with Crippen molar-refractivity contribution in [3.63, 3.8) is 0 Å². The van der Waals surface area contributed by atoms with Gasteiger partial charge in [0.2, 0.25) is 0 Å². The highest BCUT2D eigenvalue weighted by Gasteiger charge is 2.11. The average molecular weight is 528 g/mol. The molecule has 0 spiro atoms. The molecule has 1 heterocycles. The lowest BCUT2D eigenvalue weighted by molar-refractivity contribution is 0.672. The zero-order valence-corrected chi connectivity index (χ0v) is 22.2. The molecule has 0 fully saturated rings. The monoisotopic (exact) mass is 527 g/mol. The van der Waals surface area contributed by atoms with Crippen LogP contribution in [0.5, 0.6) is 0 Å². The smallest absolute Gasteiger partial charge is 0.161 e. The van der Waals surface area contributed by atoms with E-state index in [1.54, 1.807) is 0 Å². The lowest BCUT2D eigenvalue weighted by Crippen LogP contribution is -2.04. The van der Waals surface area contributed by atoms with Gasteiger partial charge in [-0.3, -0.25) is 5.41 Å². The summed E-state index contributed by atoms with van der Waals surface area (Å²) in [4.78, 5) is 9.47. The maximum Gasteiger partial charge on any atom is 0.161 e. The molecule has 1 aromatic heterocycles. The maximum atomic E-state index is 8.65. The fraction of sp³-hybridized carbons (Fsp3) is 0. The van der Waals surface area contributed by atoms with E-state index in [0.29, 0.717) is 5.84 Å². The van der Waals surface area contributed by atoms with Crippen LogP contribution >= 0.6 is 0 Å². The summed E-state index contributed by atoms with van der Waals surface area (Å²) >= 11 is 0. The van der Waals surface area contributed by atoms with Crippen LogP contribution in [0.15, 0.2) is 154 Å². The fourth-order valence-electron chi connectivity index (χ4n) is 5.11. The predicted octanol–water partition coefficient (Wildman–Crippen LogP) is 9.30. The molecular weight excluding hydrogens is 502 g/mol. The quantitative estimate of drug-likeness (QED) is 0.180. The molecule has 1 N–H and O–H groups in total. The molecule has 0 bridgehead atoms. The minimum absolute atomic E-state index is 0.160. The summed E-state index contributed by atoms with van der Waals surface area (Å²) in [6.45, 7) is 0. The third-order valence-electron chi connectivity index (χ3n) is 7.24. The Morgan fingerprint density at radius 2 is 1.27 bits per heavy atom. The first-order valence-electron chi connectivity index (χ1n) is 13.5. The number of fused-ring (bicyclic) bond motifs is 5. The Balaban J connectivity index is 1.29. The number of hydrogen-bond donors (Lipinski definition) is 1. The van der Waals surface area contributed by atoms with Crippen LogP contribution in [-0.2, 0) is 0 Å². The molecule has 7 rings (SSSR count). The van der Waals surface area contributed by atoms with Gasteiger partial charge in [0, 0.05) is 33.5 Å². The lowest BCUT2D eigenvalue weighted by atomic mass is 10.0. The normalized spacial score (nSPS) is 12.0. The standard InChI is InChI=1S/C37H25N3O/c38-36(29-11-5-2-6-12-29)40-37(30-19-17-27(18-20-30)26-9-3-1-4-10-26)39-24-25-15-16-28-21-22-32-31-13-7-8-14-34(31)41-35(32)33(28)23-25/h1-24,38H. The molecule has 6 aromatic carbocycles. The second kappa shape index (κ2) is 10.5. The van der Waals surface area contributed by atoms with Gasteiger partial charge in [-0.1, -0.05) is 121 Å². The van der Waals surface area contributed by atoms with E-state index in [9.17, 15) is 0 Å². The molecule has 4 nitrogen and oxygen atoms in total. The van der Waals surface area contributed by atoms with Gasteiger partial charge in [0.1, 0.15) is 11.2 Å². The SMILES string of the molecule is N=C(N=C(N=Cc1ccc2ccc3c4ccccc4oc3c2c1)c1ccc(-c2ccccc2)cc1)c1ccccc1. The molecule has 0 saturated carbocycles. The number of hydrogen-bond acceptors (Lipinski definition) is 2. The Hall–Kier alpha value is -5.61. The summed E-state index contributed by atoms with van der Waals surface area (Å²) < 4.78 is 6.27. The Morgan fingerprint density at radius 1 is 0.585 bits per heavy atom. The molecule has 194 valence electrons. The molecule has 4 heteroatoms. The summed E-state index contributed by atoms with van der Waals surface area (Å²) in [5, 5.41) is 13.0. The van der Waals surface area contributed by atoms with Gasteiger partial charge in [-0.15, -0.1) is 0 Å². The Labute approximate surface area is 237 Å². The van der Waals surface area contributed by atoms with Crippen LogP contribution in [0, 0.1) is 5.41 Å². The van der Waals surface area contributed by atoms with Crippen molar-refractivity contribution in [3.05, 3.63) is 156 Å². The van der Waals surface area contributed by atoms with E-state index < -0.39 is 0 Å². The molecule has 0 unspecified atom stereocenters. The number of nitrogens with one attached hydrogen (secondary N) is 1. The summed E-state index contributed by atoms with van der Waals surface area (Å²) in [6.07, 6.45) is 1.81. The van der Waals surface area contributed by atoms with Crippen molar-refractivity contribution in [3.8, 4) is 11.1 Å². The number of para-hydroxylation sites is 1. The molecule has 0 aliphatic heterocycles. The summed E-state index contributed by atoms with van der Waals surface area (Å²) in [5.74, 6) is 0.632. The molecule has 7 aromatic rings. The number of rotatable bonds is 4. The van der Waals surface area contributed by atoms with Gasteiger partial charge in [-0.05, 0) is 40.3 Å². The van der Waals surface area contributed by atoms with Crippen molar-refractivity contribution in [1.29, 1.82) is 5.41 Å². The zero-order valence-electron chi connectivity index (χ0n) is 22.2. The summed E-state index contributed by atoms with van der Waals surface area (Å²) in [7, 11) is 0. The van der Waals surface area contributed by atoms with Crippen LogP contribution in [-0.4, -0.2) is 17.9 Å². The predicted molar refractivity (Wildman–Crippen MR) is 171 cm³/mol. The van der Waals surface area contributed by atoms with Crippen LogP contribution in [0.4, 0.5) is 0 Å². The summed E-state index contributed by atoms with van der Waals surface area (Å²) in [5.41, 5.74) is 6.50. The topological polar surface area (TPSA) is 61.7 Å². The van der Waals surface area contributed by atoms with E-state index >= 15 is 0 Å². The summed E-state index contributed by atoms with van der Waals surface area (Å²) in [6, 6.07) is 46.5. The third-order valence-corrected chi connectivity index (χ3v) is 7.24. The van der Waals surface area contributed by atoms with Gasteiger partial charge in [-0.25, -0.2) is 9.98 Å². The molecule has 0 radical (unpaired) electrons. The highest BCUT2D eigenvalue weighted by atomic mass is 16.3. The van der Waals surface area contributed by atoms with E-state index in [1.807, 2.05) is 91.1 Å². The highest BCUT2D eigenvalue weighted by Crippen LogP contribution is 2.34. The molecule has 41 heavy (non-hydrogen) atoms. The van der Waals surface area contributed by atoms with E-state index in [-0.39, 0.29) is 5.84 Å². The van der Waals surface area contributed by atoms with Gasteiger partial charge in [0.05, 0.1) is 0 Å². The van der Waals surface area contributed by atoms with Crippen molar-refractivity contribution in [2.24, 2.45) is 9.98 Å². The van der Waals surface area contributed by atoms with Crippen LogP contribution < -0.4 is 0 Å². The second-order valence-electron chi connectivity index (χ2n) is 9.87. The molecule has 0 amide bonds. The lowest BCUT2D eigenvalue weighted by Gasteiger charge is -2.06. The first-order chi connectivity index (χ1) is 20.2. The van der Waals surface area contributed by atoms with Gasteiger partial charge in [0.15, 0.2) is 11.7 Å². The van der Waals surface area contributed by atoms with Gasteiger partial charge in [-0.2, -0.15) is 0 Å².